The predicted molar refractivity (Wildman–Crippen MR) is 93.1 cm³/mol. The Hall–Kier alpha value is -3.35. The molecule has 0 aliphatic carbocycles. The number of carbonyl (C=O) groups is 2. The lowest BCUT2D eigenvalue weighted by Crippen LogP contribution is -2.30. The number of amides is 2. The lowest BCUT2D eigenvalue weighted by Gasteiger charge is -2.07. The van der Waals surface area contributed by atoms with Gasteiger partial charge in [-0.2, -0.15) is 0 Å². The summed E-state index contributed by atoms with van der Waals surface area (Å²) in [5.74, 6) is -0.991. The number of nitrogens with zero attached hydrogens (tertiary/aromatic N) is 1. The van der Waals surface area contributed by atoms with Crippen molar-refractivity contribution in [3.05, 3.63) is 64.6 Å². The molecule has 7 heteroatoms. The first-order chi connectivity index (χ1) is 12.0. The number of para-hydroxylation sites is 2. The molecule has 3 rings (SSSR count). The summed E-state index contributed by atoms with van der Waals surface area (Å²) >= 11 is 0. The third-order valence-corrected chi connectivity index (χ3v) is 3.64. The van der Waals surface area contributed by atoms with Crippen molar-refractivity contribution in [1.82, 2.24) is 9.88 Å². The first-order valence-electron chi connectivity index (χ1n) is 7.74. The third kappa shape index (κ3) is 3.95. The van der Waals surface area contributed by atoms with Gasteiger partial charge in [0.25, 0.3) is 0 Å². The molecule has 0 spiro atoms. The van der Waals surface area contributed by atoms with Gasteiger partial charge in [0.2, 0.25) is 11.8 Å². The normalized spacial score (nSPS) is 10.6. The van der Waals surface area contributed by atoms with Crippen LogP contribution in [0.3, 0.4) is 0 Å². The van der Waals surface area contributed by atoms with E-state index in [-0.39, 0.29) is 18.4 Å². The van der Waals surface area contributed by atoms with E-state index in [9.17, 15) is 14.4 Å². The van der Waals surface area contributed by atoms with E-state index in [0.29, 0.717) is 23.3 Å². The number of benzene rings is 2. The van der Waals surface area contributed by atoms with Gasteiger partial charge in [0, 0.05) is 19.2 Å². The Morgan fingerprint density at radius 2 is 1.80 bits per heavy atom. The molecule has 1 aromatic heterocycles. The fourth-order valence-electron chi connectivity index (χ4n) is 2.47. The monoisotopic (exact) mass is 339 g/mol. The highest BCUT2D eigenvalue weighted by Crippen LogP contribution is 2.12. The fraction of sp³-hybridized carbons (Fsp3) is 0.167. The lowest BCUT2D eigenvalue weighted by molar-refractivity contribution is -0.121. The van der Waals surface area contributed by atoms with Gasteiger partial charge in [-0.1, -0.05) is 24.3 Å². The smallest absolute Gasteiger partial charge is 0.408 e. The van der Waals surface area contributed by atoms with Crippen LogP contribution in [0.25, 0.3) is 11.1 Å². The molecule has 0 saturated carbocycles. The average molecular weight is 339 g/mol. The van der Waals surface area contributed by atoms with Gasteiger partial charge in [0.15, 0.2) is 5.58 Å². The van der Waals surface area contributed by atoms with Gasteiger partial charge in [0.05, 0.1) is 5.52 Å². The van der Waals surface area contributed by atoms with Crippen molar-refractivity contribution in [2.45, 2.75) is 20.0 Å². The number of fused-ring (bicyclic) bond motifs is 1. The second-order valence-electron chi connectivity index (χ2n) is 5.58. The van der Waals surface area contributed by atoms with Crippen molar-refractivity contribution in [2.75, 3.05) is 5.32 Å². The molecule has 2 N–H and O–H groups in total. The molecule has 0 aliphatic heterocycles. The van der Waals surface area contributed by atoms with E-state index < -0.39 is 5.76 Å². The Balaban J connectivity index is 1.62. The number of oxazole rings is 1. The Bertz CT molecular complexity index is 970. The topological polar surface area (TPSA) is 93.3 Å². The molecule has 2 aromatic carbocycles. The number of hydrogen-bond donors (Lipinski definition) is 2. The van der Waals surface area contributed by atoms with Gasteiger partial charge in [0.1, 0.15) is 6.54 Å². The van der Waals surface area contributed by atoms with Gasteiger partial charge in [-0.15, -0.1) is 0 Å². The summed E-state index contributed by atoms with van der Waals surface area (Å²) in [6.07, 6.45) is 0. The molecule has 7 nitrogen and oxygen atoms in total. The number of rotatable bonds is 5. The van der Waals surface area contributed by atoms with Gasteiger partial charge in [-0.05, 0) is 29.8 Å². The maximum Gasteiger partial charge on any atom is 0.420 e. The van der Waals surface area contributed by atoms with Crippen LogP contribution in [0, 0.1) is 0 Å². The van der Waals surface area contributed by atoms with Crippen LogP contribution < -0.4 is 16.4 Å². The van der Waals surface area contributed by atoms with E-state index >= 15 is 0 Å². The molecule has 0 unspecified atom stereocenters. The summed E-state index contributed by atoms with van der Waals surface area (Å²) < 4.78 is 6.40. The first kappa shape index (κ1) is 16.5. The summed E-state index contributed by atoms with van der Waals surface area (Å²) in [4.78, 5) is 35.0. The summed E-state index contributed by atoms with van der Waals surface area (Å²) in [6, 6.07) is 14.1. The third-order valence-electron chi connectivity index (χ3n) is 3.64. The zero-order chi connectivity index (χ0) is 17.8. The Morgan fingerprint density at radius 3 is 2.52 bits per heavy atom. The van der Waals surface area contributed by atoms with E-state index in [1.54, 1.807) is 36.4 Å². The van der Waals surface area contributed by atoms with Crippen LogP contribution in [-0.4, -0.2) is 16.4 Å². The van der Waals surface area contributed by atoms with E-state index in [1.165, 1.54) is 11.5 Å². The molecule has 1 heterocycles. The molecule has 2 amide bonds. The number of carbonyl (C=O) groups excluding carboxylic acids is 2. The Labute approximate surface area is 143 Å². The maximum absolute atomic E-state index is 12.1. The summed E-state index contributed by atoms with van der Waals surface area (Å²) in [7, 11) is 0. The van der Waals surface area contributed by atoms with Gasteiger partial charge in [-0.3, -0.25) is 14.2 Å². The quantitative estimate of drug-likeness (QED) is 0.742. The van der Waals surface area contributed by atoms with Crippen molar-refractivity contribution >= 4 is 28.6 Å². The van der Waals surface area contributed by atoms with Gasteiger partial charge >= 0.3 is 5.76 Å². The molecule has 0 aliphatic rings. The van der Waals surface area contributed by atoms with Crippen LogP contribution in [0.5, 0.6) is 0 Å². The standard InChI is InChI=1S/C18H17N3O4/c1-12(22)20-14-8-6-13(7-9-14)10-19-17(23)11-21-15-4-2-3-5-16(15)25-18(21)24/h2-9H,10-11H2,1H3,(H,19,23)(H,20,22). The molecule has 0 saturated heterocycles. The molecule has 0 radical (unpaired) electrons. The first-order valence-corrected chi connectivity index (χ1v) is 7.74. The summed E-state index contributed by atoms with van der Waals surface area (Å²) in [6.45, 7) is 1.65. The second kappa shape index (κ2) is 7.04. The molecule has 25 heavy (non-hydrogen) atoms. The van der Waals surface area contributed by atoms with Crippen molar-refractivity contribution in [3.63, 3.8) is 0 Å². The van der Waals surface area contributed by atoms with Crippen LogP contribution in [-0.2, 0) is 22.7 Å². The highest BCUT2D eigenvalue weighted by molar-refractivity contribution is 5.88. The zero-order valence-electron chi connectivity index (χ0n) is 13.6. The van der Waals surface area contributed by atoms with Crippen LogP contribution in [0.4, 0.5) is 5.69 Å². The minimum atomic E-state index is -0.559. The van der Waals surface area contributed by atoms with Crippen LogP contribution in [0.15, 0.2) is 57.7 Å². The summed E-state index contributed by atoms with van der Waals surface area (Å²) in [5, 5.41) is 5.44. The van der Waals surface area contributed by atoms with E-state index in [0.717, 1.165) is 5.56 Å². The lowest BCUT2D eigenvalue weighted by atomic mass is 10.2. The van der Waals surface area contributed by atoms with Gasteiger partial charge in [-0.25, -0.2) is 4.79 Å². The number of anilines is 1. The van der Waals surface area contributed by atoms with E-state index in [4.69, 9.17) is 4.42 Å². The number of aromatic nitrogens is 1. The van der Waals surface area contributed by atoms with Crippen molar-refractivity contribution < 1.29 is 14.0 Å². The molecule has 0 bridgehead atoms. The second-order valence-corrected chi connectivity index (χ2v) is 5.58. The van der Waals surface area contributed by atoms with Gasteiger partial charge < -0.3 is 15.1 Å². The molecular formula is C18H17N3O4. The van der Waals surface area contributed by atoms with Crippen LogP contribution in [0.2, 0.25) is 0 Å². The highest BCUT2D eigenvalue weighted by Gasteiger charge is 2.12. The van der Waals surface area contributed by atoms with Crippen LogP contribution in [0.1, 0.15) is 12.5 Å². The minimum Gasteiger partial charge on any atom is -0.408 e. The zero-order valence-corrected chi connectivity index (χ0v) is 13.6. The maximum atomic E-state index is 12.1. The fourth-order valence-corrected chi connectivity index (χ4v) is 2.47. The minimum absolute atomic E-state index is 0.111. The average Bonchev–Trinajstić information content (AvgIpc) is 2.89. The molecule has 3 aromatic rings. The number of hydrogen-bond acceptors (Lipinski definition) is 4. The van der Waals surface area contributed by atoms with Crippen LogP contribution >= 0.6 is 0 Å². The largest absolute Gasteiger partial charge is 0.420 e. The highest BCUT2D eigenvalue weighted by atomic mass is 16.4. The van der Waals surface area contributed by atoms with Crippen molar-refractivity contribution in [3.8, 4) is 0 Å². The summed E-state index contributed by atoms with van der Waals surface area (Å²) in [5.41, 5.74) is 2.61. The number of nitrogens with one attached hydrogen (secondary N) is 2. The van der Waals surface area contributed by atoms with Crippen molar-refractivity contribution in [1.29, 1.82) is 0 Å². The van der Waals surface area contributed by atoms with Crippen molar-refractivity contribution in [2.24, 2.45) is 0 Å². The van der Waals surface area contributed by atoms with E-state index in [2.05, 4.69) is 10.6 Å². The SMILES string of the molecule is CC(=O)Nc1ccc(CNC(=O)Cn2c(=O)oc3ccccc32)cc1. The van der Waals surface area contributed by atoms with E-state index in [1.807, 2.05) is 12.1 Å². The Kier molecular flexibility index (Phi) is 4.65. The molecule has 0 fully saturated rings. The predicted octanol–water partition coefficient (Wildman–Crippen LogP) is 1.87. The molecular weight excluding hydrogens is 322 g/mol. The molecule has 128 valence electrons. The molecule has 0 atom stereocenters. The Morgan fingerprint density at radius 1 is 1.08 bits per heavy atom.